The first-order valence-corrected chi connectivity index (χ1v) is 15.9. The Kier molecular flexibility index (Phi) is 8.95. The first-order chi connectivity index (χ1) is 7.40. The summed E-state index contributed by atoms with van der Waals surface area (Å²) >= 11 is 6.50. The van der Waals surface area contributed by atoms with Gasteiger partial charge in [0.05, 0.1) is 0 Å². The van der Waals surface area contributed by atoms with Crippen LogP contribution in [0.4, 0.5) is 0 Å². The number of nitrogens with zero attached hydrogens (tertiary/aromatic N) is 1. The Labute approximate surface area is 120 Å². The number of hydrogen-bond acceptors (Lipinski definition) is 2. The Morgan fingerprint density at radius 2 is 1.75 bits per heavy atom. The number of aromatic hydroxyl groups is 1. The number of hydrogen-bond donors (Lipinski definition) is 1. The van der Waals surface area contributed by atoms with Crippen LogP contribution < -0.4 is 0 Å². The molecule has 2 nitrogen and oxygen atoms in total. The topological polar surface area (TPSA) is 32.6 Å². The molecule has 1 N–H and O–H groups in total. The van der Waals surface area contributed by atoms with Gasteiger partial charge in [-0.2, -0.15) is 0 Å². The third-order valence-electron chi connectivity index (χ3n) is 1.53. The molecule has 1 rings (SSSR count). The third-order valence-corrected chi connectivity index (χ3v) is 2.43. The molecule has 0 aliphatic rings. The average Bonchev–Trinajstić information content (AvgIpc) is 2.16. The van der Waals surface area contributed by atoms with Crippen LogP contribution >= 0.6 is 26.3 Å². The molecule has 0 bridgehead atoms. The Morgan fingerprint density at radius 3 is 2.19 bits per heavy atom. The van der Waals surface area contributed by atoms with Gasteiger partial charge in [0.1, 0.15) is 5.75 Å². The molecule has 0 radical (unpaired) electrons. The summed E-state index contributed by atoms with van der Waals surface area (Å²) in [5.74, 6) is 0.296. The molecule has 0 aromatic heterocycles. The van der Waals surface area contributed by atoms with Crippen LogP contribution in [0.25, 0.3) is 0 Å². The van der Waals surface area contributed by atoms with Crippen LogP contribution in [0.1, 0.15) is 5.56 Å². The second-order valence-corrected chi connectivity index (χ2v) is 16.5. The van der Waals surface area contributed by atoms with Gasteiger partial charge < -0.3 is 9.76 Å². The fourth-order valence-electron chi connectivity index (χ4n) is 0.860. The SMILES string of the molecule is C[Si](C)(C)/N=C/c1ccccc1O.[Br][Ti][Br]. The van der Waals surface area contributed by atoms with Crippen LogP contribution in [-0.2, 0) is 15.0 Å². The van der Waals surface area contributed by atoms with Crippen molar-refractivity contribution in [3.63, 3.8) is 0 Å². The molecular formula is C10H15Br2NOSiTi. The quantitative estimate of drug-likeness (QED) is 0.581. The van der Waals surface area contributed by atoms with Crippen LogP contribution in [-0.4, -0.2) is 19.6 Å². The van der Waals surface area contributed by atoms with Gasteiger partial charge in [-0.05, 0) is 31.8 Å². The van der Waals surface area contributed by atoms with Crippen molar-refractivity contribution in [1.29, 1.82) is 0 Å². The molecule has 0 heterocycles. The van der Waals surface area contributed by atoms with Gasteiger partial charge in [-0.3, -0.25) is 0 Å². The minimum atomic E-state index is -1.40. The Hall–Kier alpha value is 0.581. The summed E-state index contributed by atoms with van der Waals surface area (Å²) in [5.41, 5.74) is 0.796. The molecule has 0 fully saturated rings. The maximum absolute atomic E-state index is 9.43. The van der Waals surface area contributed by atoms with Crippen LogP contribution in [0, 0.1) is 0 Å². The first kappa shape index (κ1) is 16.6. The van der Waals surface area contributed by atoms with E-state index in [1.165, 1.54) is 0 Å². The molecule has 0 unspecified atom stereocenters. The molecule has 1 aromatic carbocycles. The van der Waals surface area contributed by atoms with E-state index in [1.807, 2.05) is 12.1 Å². The molecule has 0 saturated heterocycles. The predicted octanol–water partition coefficient (Wildman–Crippen LogP) is 4.33. The summed E-state index contributed by atoms with van der Waals surface area (Å²) in [6.07, 6.45) is 1.77. The maximum atomic E-state index is 9.43. The van der Waals surface area contributed by atoms with Gasteiger partial charge >= 0.3 is 41.3 Å². The van der Waals surface area contributed by atoms with Crippen molar-refractivity contribution in [2.45, 2.75) is 19.6 Å². The summed E-state index contributed by atoms with van der Waals surface area (Å²) in [5, 5.41) is 9.43. The number of phenols is 1. The number of rotatable bonds is 2. The summed E-state index contributed by atoms with van der Waals surface area (Å²) in [6, 6.07) is 7.23. The van der Waals surface area contributed by atoms with E-state index in [4.69, 9.17) is 0 Å². The van der Waals surface area contributed by atoms with Crippen molar-refractivity contribution in [3.8, 4) is 5.75 Å². The van der Waals surface area contributed by atoms with Gasteiger partial charge in [-0.15, -0.1) is 0 Å². The molecule has 16 heavy (non-hydrogen) atoms. The van der Waals surface area contributed by atoms with Crippen molar-refractivity contribution < 1.29 is 20.1 Å². The molecule has 0 aliphatic heterocycles. The van der Waals surface area contributed by atoms with Crippen LogP contribution in [0.2, 0.25) is 19.6 Å². The van der Waals surface area contributed by atoms with E-state index in [0.29, 0.717) is 5.75 Å². The molecular weight excluding hydrogens is 386 g/mol. The number of para-hydroxylation sites is 1. The second kappa shape index (κ2) is 8.64. The van der Waals surface area contributed by atoms with Gasteiger partial charge in [-0.1, -0.05) is 12.1 Å². The van der Waals surface area contributed by atoms with Gasteiger partial charge in [0.25, 0.3) is 0 Å². The zero-order valence-electron chi connectivity index (χ0n) is 9.54. The fraction of sp³-hybridized carbons (Fsp3) is 0.300. The van der Waals surface area contributed by atoms with Gasteiger partial charge in [0.15, 0.2) is 8.24 Å². The first-order valence-electron chi connectivity index (χ1n) is 4.70. The third kappa shape index (κ3) is 8.70. The second-order valence-electron chi connectivity index (χ2n) is 4.06. The number of benzene rings is 1. The van der Waals surface area contributed by atoms with E-state index in [9.17, 15) is 5.11 Å². The standard InChI is InChI=1S/C10H15NOSi.2BrH.Ti/c1-13(2,3)11-8-9-6-4-5-7-10(9)12;;;/h4-8,12H,1-3H3;2*1H;/q;;;+2/p-2/b11-8+;;;. The van der Waals surface area contributed by atoms with Gasteiger partial charge in [0, 0.05) is 11.8 Å². The molecule has 0 saturated carbocycles. The molecule has 88 valence electrons. The monoisotopic (exact) mass is 399 g/mol. The molecule has 0 atom stereocenters. The zero-order valence-corrected chi connectivity index (χ0v) is 15.3. The Bertz CT molecular complexity index is 342. The molecule has 0 amide bonds. The van der Waals surface area contributed by atoms with E-state index in [0.717, 1.165) is 5.56 Å². The van der Waals surface area contributed by atoms with E-state index in [-0.39, 0.29) is 15.0 Å². The van der Waals surface area contributed by atoms with E-state index >= 15 is 0 Å². The number of phenolic OH excluding ortho intramolecular Hbond substituents is 1. The minimum absolute atomic E-state index is 0.125. The molecule has 6 heteroatoms. The van der Waals surface area contributed by atoms with Crippen LogP contribution in [0.5, 0.6) is 5.75 Å². The van der Waals surface area contributed by atoms with E-state index < -0.39 is 8.24 Å². The fourth-order valence-corrected chi connectivity index (χ4v) is 1.39. The van der Waals surface area contributed by atoms with E-state index in [2.05, 4.69) is 50.6 Å². The molecule has 0 spiro atoms. The summed E-state index contributed by atoms with van der Waals surface area (Å²) < 4.78 is 4.44. The normalized spacial score (nSPS) is 10.8. The predicted molar refractivity (Wildman–Crippen MR) is 76.9 cm³/mol. The van der Waals surface area contributed by atoms with Crippen LogP contribution in [0.3, 0.4) is 0 Å². The zero-order chi connectivity index (χ0) is 12.6. The summed E-state index contributed by atoms with van der Waals surface area (Å²) in [6.45, 7) is 6.47. The average molecular weight is 401 g/mol. The van der Waals surface area contributed by atoms with Crippen molar-refractivity contribution in [3.05, 3.63) is 29.8 Å². The van der Waals surface area contributed by atoms with Crippen molar-refractivity contribution in [2.75, 3.05) is 0 Å². The molecule has 0 aliphatic carbocycles. The summed E-state index contributed by atoms with van der Waals surface area (Å²) in [4.78, 5) is 0. The van der Waals surface area contributed by atoms with Gasteiger partial charge in [0.2, 0.25) is 0 Å². The van der Waals surface area contributed by atoms with E-state index in [1.54, 1.807) is 18.3 Å². The summed E-state index contributed by atoms with van der Waals surface area (Å²) in [7, 11) is -1.40. The van der Waals surface area contributed by atoms with Crippen molar-refractivity contribution in [1.82, 2.24) is 0 Å². The number of halogens is 2. The Morgan fingerprint density at radius 1 is 1.25 bits per heavy atom. The van der Waals surface area contributed by atoms with Crippen LogP contribution in [0.15, 0.2) is 28.9 Å². The Balaban J connectivity index is 0.000000673. The van der Waals surface area contributed by atoms with Crippen molar-refractivity contribution in [2.24, 2.45) is 4.66 Å². The van der Waals surface area contributed by atoms with Gasteiger partial charge in [-0.25, -0.2) is 0 Å². The van der Waals surface area contributed by atoms with Crippen molar-refractivity contribution >= 4 is 40.8 Å². The molecule has 1 aromatic rings.